The summed E-state index contributed by atoms with van der Waals surface area (Å²) in [6.45, 7) is 1.85. The minimum absolute atomic E-state index is 0.0109. The Labute approximate surface area is 146 Å². The van der Waals surface area contributed by atoms with E-state index < -0.39 is 17.9 Å². The molecule has 3 atom stereocenters. The van der Waals surface area contributed by atoms with E-state index in [9.17, 15) is 14.7 Å². The Morgan fingerprint density at radius 2 is 2.12 bits per heavy atom. The van der Waals surface area contributed by atoms with Gasteiger partial charge in [-0.15, -0.1) is 0 Å². The summed E-state index contributed by atoms with van der Waals surface area (Å²) in [5.41, 5.74) is 1.99. The molecule has 0 aromatic heterocycles. The summed E-state index contributed by atoms with van der Waals surface area (Å²) in [5, 5.41) is 9.73. The predicted molar refractivity (Wildman–Crippen MR) is 89.4 cm³/mol. The highest BCUT2D eigenvalue weighted by Crippen LogP contribution is 2.39. The van der Waals surface area contributed by atoms with Crippen LogP contribution in [0.4, 0.5) is 0 Å². The van der Waals surface area contributed by atoms with Crippen molar-refractivity contribution in [3.63, 3.8) is 0 Å². The first-order valence-electron chi connectivity index (χ1n) is 9.03. The number of hydrogen-bond acceptors (Lipinski definition) is 4. The number of fused-ring (bicyclic) bond motifs is 1. The van der Waals surface area contributed by atoms with Crippen molar-refractivity contribution in [3.05, 3.63) is 29.3 Å². The van der Waals surface area contributed by atoms with E-state index in [1.807, 2.05) is 18.2 Å². The van der Waals surface area contributed by atoms with Gasteiger partial charge < -0.3 is 19.5 Å². The molecule has 1 aromatic carbocycles. The molecular formula is C19H23NO5. The topological polar surface area (TPSA) is 76.1 Å². The van der Waals surface area contributed by atoms with E-state index in [0.29, 0.717) is 19.6 Å². The third kappa shape index (κ3) is 3.11. The second kappa shape index (κ2) is 6.67. The SMILES string of the molecule is O=C(O)[C@@H]1CCC(=O)N(C[C@@H]2CCCO2)[C@H]1c1ccc2c(c1)CCO2. The van der Waals surface area contributed by atoms with Gasteiger partial charge in [-0.25, -0.2) is 0 Å². The van der Waals surface area contributed by atoms with Gasteiger partial charge >= 0.3 is 5.97 Å². The maximum Gasteiger partial charge on any atom is 0.308 e. The van der Waals surface area contributed by atoms with E-state index in [4.69, 9.17) is 9.47 Å². The van der Waals surface area contributed by atoms with E-state index in [2.05, 4.69) is 0 Å². The van der Waals surface area contributed by atoms with E-state index in [-0.39, 0.29) is 18.4 Å². The number of rotatable bonds is 4. The molecule has 0 saturated carbocycles. The van der Waals surface area contributed by atoms with E-state index in [0.717, 1.165) is 42.7 Å². The summed E-state index contributed by atoms with van der Waals surface area (Å²) in [7, 11) is 0. The lowest BCUT2D eigenvalue weighted by Crippen LogP contribution is -2.48. The van der Waals surface area contributed by atoms with Crippen LogP contribution in [0.2, 0.25) is 0 Å². The molecule has 1 amide bonds. The van der Waals surface area contributed by atoms with Crippen molar-refractivity contribution >= 4 is 11.9 Å². The Hall–Kier alpha value is -2.08. The zero-order valence-corrected chi connectivity index (χ0v) is 14.1. The van der Waals surface area contributed by atoms with Crippen LogP contribution in [0, 0.1) is 5.92 Å². The van der Waals surface area contributed by atoms with E-state index >= 15 is 0 Å². The van der Waals surface area contributed by atoms with Gasteiger partial charge in [0.2, 0.25) is 5.91 Å². The number of amides is 1. The van der Waals surface area contributed by atoms with E-state index in [1.54, 1.807) is 4.90 Å². The molecule has 6 heteroatoms. The number of carboxylic acid groups (broad SMARTS) is 1. The molecule has 0 spiro atoms. The fraction of sp³-hybridized carbons (Fsp3) is 0.579. The number of aliphatic carboxylic acids is 1. The Morgan fingerprint density at radius 1 is 1.24 bits per heavy atom. The Balaban J connectivity index is 1.68. The number of ether oxygens (including phenoxy) is 2. The lowest BCUT2D eigenvalue weighted by molar-refractivity contribution is -0.153. The molecule has 0 radical (unpaired) electrons. The summed E-state index contributed by atoms with van der Waals surface area (Å²) in [4.78, 5) is 26.2. The molecular weight excluding hydrogens is 322 g/mol. The Kier molecular flexibility index (Phi) is 4.37. The van der Waals surface area contributed by atoms with Crippen LogP contribution in [0.1, 0.15) is 42.9 Å². The first kappa shape index (κ1) is 16.4. The Bertz CT molecular complexity index is 682. The maximum absolute atomic E-state index is 12.6. The molecule has 2 fully saturated rings. The van der Waals surface area contributed by atoms with Crippen molar-refractivity contribution in [2.75, 3.05) is 19.8 Å². The minimum Gasteiger partial charge on any atom is -0.493 e. The average molecular weight is 345 g/mol. The third-order valence-corrected chi connectivity index (χ3v) is 5.50. The predicted octanol–water partition coefficient (Wildman–Crippen LogP) is 2.16. The van der Waals surface area contributed by atoms with Gasteiger partial charge in [-0.3, -0.25) is 9.59 Å². The summed E-state index contributed by atoms with van der Waals surface area (Å²) in [6.07, 6.45) is 3.43. The van der Waals surface area contributed by atoms with Crippen molar-refractivity contribution in [1.82, 2.24) is 4.90 Å². The second-order valence-electron chi connectivity index (χ2n) is 7.07. The molecule has 0 unspecified atom stereocenters. The number of nitrogens with zero attached hydrogens (tertiary/aromatic N) is 1. The zero-order chi connectivity index (χ0) is 17.4. The number of piperidine rings is 1. The lowest BCUT2D eigenvalue weighted by atomic mass is 9.83. The fourth-order valence-electron chi connectivity index (χ4n) is 4.24. The largest absolute Gasteiger partial charge is 0.493 e. The number of carbonyl (C=O) groups is 2. The van der Waals surface area contributed by atoms with Gasteiger partial charge in [-0.1, -0.05) is 6.07 Å². The molecule has 3 aliphatic heterocycles. The molecule has 25 heavy (non-hydrogen) atoms. The van der Waals surface area contributed by atoms with Crippen LogP contribution < -0.4 is 4.74 Å². The standard InChI is InChI=1S/C19H23NO5/c21-17-6-4-15(19(22)23)18(20(17)11-14-2-1-8-24-14)13-3-5-16-12(10-13)7-9-25-16/h3,5,10,14-15,18H,1-2,4,6-9,11H2,(H,22,23)/t14-,15+,18-/m0/s1. The van der Waals surface area contributed by atoms with Crippen molar-refractivity contribution < 1.29 is 24.2 Å². The minimum atomic E-state index is -0.841. The number of hydrogen-bond donors (Lipinski definition) is 1. The number of benzene rings is 1. The highest BCUT2D eigenvalue weighted by Gasteiger charge is 2.42. The van der Waals surface area contributed by atoms with Gasteiger partial charge in [0.05, 0.1) is 24.7 Å². The number of carboxylic acids is 1. The van der Waals surface area contributed by atoms with Gasteiger partial charge in [-0.05, 0) is 42.5 Å². The smallest absolute Gasteiger partial charge is 0.308 e. The van der Waals surface area contributed by atoms with Gasteiger partial charge in [0.15, 0.2) is 0 Å². The molecule has 2 saturated heterocycles. The monoisotopic (exact) mass is 345 g/mol. The first-order valence-corrected chi connectivity index (χ1v) is 9.03. The molecule has 134 valence electrons. The van der Waals surface area contributed by atoms with Gasteiger partial charge in [-0.2, -0.15) is 0 Å². The summed E-state index contributed by atoms with van der Waals surface area (Å²) < 4.78 is 11.3. The van der Waals surface area contributed by atoms with Crippen LogP contribution in [-0.4, -0.2) is 47.7 Å². The van der Waals surface area contributed by atoms with E-state index in [1.165, 1.54) is 0 Å². The highest BCUT2D eigenvalue weighted by molar-refractivity contribution is 5.82. The second-order valence-corrected chi connectivity index (χ2v) is 7.07. The van der Waals surface area contributed by atoms with Crippen LogP contribution in [0.3, 0.4) is 0 Å². The average Bonchev–Trinajstić information content (AvgIpc) is 3.26. The molecule has 3 aliphatic rings. The molecule has 0 aliphatic carbocycles. The quantitative estimate of drug-likeness (QED) is 0.905. The molecule has 1 aromatic rings. The molecule has 6 nitrogen and oxygen atoms in total. The van der Waals surface area contributed by atoms with Crippen molar-refractivity contribution in [3.8, 4) is 5.75 Å². The normalized spacial score (nSPS) is 28.7. The summed E-state index contributed by atoms with van der Waals surface area (Å²) >= 11 is 0. The van der Waals surface area contributed by atoms with Crippen molar-refractivity contribution in [2.24, 2.45) is 5.92 Å². The van der Waals surface area contributed by atoms with Crippen LogP contribution in [-0.2, 0) is 20.7 Å². The summed E-state index contributed by atoms with van der Waals surface area (Å²) in [6, 6.07) is 5.39. The van der Waals surface area contributed by atoms with Crippen LogP contribution in [0.5, 0.6) is 5.75 Å². The zero-order valence-electron chi connectivity index (χ0n) is 14.1. The third-order valence-electron chi connectivity index (χ3n) is 5.50. The molecule has 0 bridgehead atoms. The first-order chi connectivity index (χ1) is 12.1. The molecule has 4 rings (SSSR count). The van der Waals surface area contributed by atoms with Crippen molar-refractivity contribution in [2.45, 2.75) is 44.2 Å². The molecule has 3 heterocycles. The maximum atomic E-state index is 12.6. The van der Waals surface area contributed by atoms with Gasteiger partial charge in [0.1, 0.15) is 5.75 Å². The number of carbonyl (C=O) groups excluding carboxylic acids is 1. The lowest BCUT2D eigenvalue weighted by Gasteiger charge is -2.41. The highest BCUT2D eigenvalue weighted by atomic mass is 16.5. The number of likely N-dealkylation sites (tertiary alicyclic amines) is 1. The van der Waals surface area contributed by atoms with Crippen LogP contribution in [0.15, 0.2) is 18.2 Å². The van der Waals surface area contributed by atoms with Gasteiger partial charge in [0, 0.05) is 26.0 Å². The molecule has 1 N–H and O–H groups in total. The summed E-state index contributed by atoms with van der Waals surface area (Å²) in [5.74, 6) is -0.538. The van der Waals surface area contributed by atoms with Gasteiger partial charge in [0.25, 0.3) is 0 Å². The van der Waals surface area contributed by atoms with Crippen molar-refractivity contribution in [1.29, 1.82) is 0 Å². The van der Waals surface area contributed by atoms with Crippen LogP contribution >= 0.6 is 0 Å². The Morgan fingerprint density at radius 3 is 2.88 bits per heavy atom. The fourth-order valence-corrected chi connectivity index (χ4v) is 4.24. The van der Waals surface area contributed by atoms with Crippen LogP contribution in [0.25, 0.3) is 0 Å².